The summed E-state index contributed by atoms with van der Waals surface area (Å²) in [5, 5.41) is 0. The second-order valence-electron chi connectivity index (χ2n) is 4.65. The zero-order valence-corrected chi connectivity index (χ0v) is 12.6. The zero-order chi connectivity index (χ0) is 14.4. The molecule has 0 saturated carbocycles. The van der Waals surface area contributed by atoms with Gasteiger partial charge in [-0.2, -0.15) is 0 Å². The third kappa shape index (κ3) is 3.13. The Balaban J connectivity index is 2.36. The van der Waals surface area contributed by atoms with Crippen LogP contribution < -0.4 is 9.64 Å². The molecule has 0 fully saturated rings. The summed E-state index contributed by atoms with van der Waals surface area (Å²) < 4.78 is 5.51. The first kappa shape index (κ1) is 14.4. The molecule has 20 heavy (non-hydrogen) atoms. The van der Waals surface area contributed by atoms with Crippen LogP contribution in [0.5, 0.6) is 5.75 Å². The van der Waals surface area contributed by atoms with Gasteiger partial charge in [0.25, 0.3) is 0 Å². The summed E-state index contributed by atoms with van der Waals surface area (Å²) in [5.41, 5.74) is 3.80. The first-order valence-electron chi connectivity index (χ1n) is 7.37. The van der Waals surface area contributed by atoms with E-state index in [1.165, 1.54) is 16.8 Å². The molecule has 0 aliphatic rings. The van der Waals surface area contributed by atoms with Gasteiger partial charge in [0, 0.05) is 24.3 Å². The molecule has 0 bridgehead atoms. The molecular formula is C18H23NO. The van der Waals surface area contributed by atoms with Crippen molar-refractivity contribution in [2.24, 2.45) is 0 Å². The number of hydrogen-bond acceptors (Lipinski definition) is 2. The van der Waals surface area contributed by atoms with Crippen LogP contribution in [0.25, 0.3) is 11.1 Å². The molecule has 0 atom stereocenters. The molecule has 2 nitrogen and oxygen atoms in total. The fourth-order valence-corrected chi connectivity index (χ4v) is 2.46. The Morgan fingerprint density at radius 1 is 0.850 bits per heavy atom. The van der Waals surface area contributed by atoms with Crippen molar-refractivity contribution in [2.75, 3.05) is 24.6 Å². The molecular weight excluding hydrogens is 246 g/mol. The molecule has 0 aromatic heterocycles. The first-order valence-corrected chi connectivity index (χ1v) is 7.37. The Bertz CT molecular complexity index is 529. The minimum atomic E-state index is 0.704. The van der Waals surface area contributed by atoms with Crippen molar-refractivity contribution >= 4 is 5.69 Å². The van der Waals surface area contributed by atoms with Gasteiger partial charge in [-0.15, -0.1) is 0 Å². The standard InChI is InChI=1S/C18H23NO/c1-4-19(5-2)18-10-8-7-9-17(18)15-11-13-16(14-12-15)20-6-3/h7-14H,4-6H2,1-3H3. The van der Waals surface area contributed by atoms with Gasteiger partial charge in [-0.25, -0.2) is 0 Å². The molecule has 0 radical (unpaired) electrons. The van der Waals surface area contributed by atoms with E-state index in [1.807, 2.05) is 19.1 Å². The van der Waals surface area contributed by atoms with E-state index in [0.29, 0.717) is 6.61 Å². The highest BCUT2D eigenvalue weighted by atomic mass is 16.5. The Kier molecular flexibility index (Phi) is 5.05. The molecule has 0 saturated heterocycles. The second-order valence-corrected chi connectivity index (χ2v) is 4.65. The van der Waals surface area contributed by atoms with Gasteiger partial charge in [0.15, 0.2) is 0 Å². The van der Waals surface area contributed by atoms with E-state index in [0.717, 1.165) is 18.8 Å². The van der Waals surface area contributed by atoms with Crippen LogP contribution >= 0.6 is 0 Å². The van der Waals surface area contributed by atoms with Crippen molar-refractivity contribution in [1.29, 1.82) is 0 Å². The summed E-state index contributed by atoms with van der Waals surface area (Å²) in [7, 11) is 0. The van der Waals surface area contributed by atoms with Gasteiger partial charge in [-0.05, 0) is 44.5 Å². The largest absolute Gasteiger partial charge is 0.494 e. The lowest BCUT2D eigenvalue weighted by Crippen LogP contribution is -2.22. The lowest BCUT2D eigenvalue weighted by molar-refractivity contribution is 0.340. The molecule has 0 unspecified atom stereocenters. The molecule has 0 aliphatic carbocycles. The minimum absolute atomic E-state index is 0.704. The van der Waals surface area contributed by atoms with Gasteiger partial charge >= 0.3 is 0 Å². The predicted molar refractivity (Wildman–Crippen MR) is 86.6 cm³/mol. The number of rotatable bonds is 6. The van der Waals surface area contributed by atoms with Gasteiger partial charge in [-0.1, -0.05) is 30.3 Å². The number of hydrogen-bond donors (Lipinski definition) is 0. The zero-order valence-electron chi connectivity index (χ0n) is 12.6. The monoisotopic (exact) mass is 269 g/mol. The maximum atomic E-state index is 5.51. The molecule has 2 aromatic carbocycles. The van der Waals surface area contributed by atoms with E-state index in [4.69, 9.17) is 4.74 Å². The number of para-hydroxylation sites is 1. The van der Waals surface area contributed by atoms with E-state index in [2.05, 4.69) is 55.1 Å². The van der Waals surface area contributed by atoms with Crippen LogP contribution in [0, 0.1) is 0 Å². The van der Waals surface area contributed by atoms with Crippen LogP contribution in [-0.4, -0.2) is 19.7 Å². The van der Waals surface area contributed by atoms with Gasteiger partial charge in [-0.3, -0.25) is 0 Å². The highest BCUT2D eigenvalue weighted by Crippen LogP contribution is 2.31. The highest BCUT2D eigenvalue weighted by molar-refractivity contribution is 5.78. The lowest BCUT2D eigenvalue weighted by atomic mass is 10.0. The van der Waals surface area contributed by atoms with E-state index in [9.17, 15) is 0 Å². The summed E-state index contributed by atoms with van der Waals surface area (Å²) in [4.78, 5) is 2.38. The van der Waals surface area contributed by atoms with Crippen molar-refractivity contribution in [2.45, 2.75) is 20.8 Å². The van der Waals surface area contributed by atoms with Gasteiger partial charge in [0.2, 0.25) is 0 Å². The number of benzene rings is 2. The number of anilines is 1. The molecule has 0 N–H and O–H groups in total. The fraction of sp³-hybridized carbons (Fsp3) is 0.333. The van der Waals surface area contributed by atoms with Crippen molar-refractivity contribution in [3.63, 3.8) is 0 Å². The second kappa shape index (κ2) is 6.99. The SMILES string of the molecule is CCOc1ccc(-c2ccccc2N(CC)CC)cc1. The Morgan fingerprint density at radius 3 is 2.10 bits per heavy atom. The first-order chi connectivity index (χ1) is 9.80. The van der Waals surface area contributed by atoms with E-state index < -0.39 is 0 Å². The van der Waals surface area contributed by atoms with Crippen molar-refractivity contribution in [3.05, 3.63) is 48.5 Å². The normalized spacial score (nSPS) is 10.3. The van der Waals surface area contributed by atoms with E-state index in [1.54, 1.807) is 0 Å². The van der Waals surface area contributed by atoms with Gasteiger partial charge in [0.05, 0.1) is 6.61 Å². The van der Waals surface area contributed by atoms with Crippen LogP contribution in [0.4, 0.5) is 5.69 Å². The van der Waals surface area contributed by atoms with Crippen LogP contribution in [0.2, 0.25) is 0 Å². The minimum Gasteiger partial charge on any atom is -0.494 e. The summed E-state index contributed by atoms with van der Waals surface area (Å²) in [6, 6.07) is 16.9. The Morgan fingerprint density at radius 2 is 1.50 bits per heavy atom. The molecule has 2 aromatic rings. The number of nitrogens with zero attached hydrogens (tertiary/aromatic N) is 1. The van der Waals surface area contributed by atoms with Crippen molar-refractivity contribution in [1.82, 2.24) is 0 Å². The molecule has 0 heterocycles. The Labute approximate surface area is 122 Å². The molecule has 0 spiro atoms. The average Bonchev–Trinajstić information content (AvgIpc) is 2.50. The molecule has 106 valence electrons. The number of ether oxygens (including phenoxy) is 1. The van der Waals surface area contributed by atoms with Crippen molar-refractivity contribution < 1.29 is 4.74 Å². The smallest absolute Gasteiger partial charge is 0.119 e. The third-order valence-electron chi connectivity index (χ3n) is 3.48. The highest BCUT2D eigenvalue weighted by Gasteiger charge is 2.09. The molecule has 2 heteroatoms. The maximum Gasteiger partial charge on any atom is 0.119 e. The molecule has 2 rings (SSSR count). The Hall–Kier alpha value is -1.96. The molecule has 0 aliphatic heterocycles. The van der Waals surface area contributed by atoms with Gasteiger partial charge < -0.3 is 9.64 Å². The third-order valence-corrected chi connectivity index (χ3v) is 3.48. The predicted octanol–water partition coefficient (Wildman–Crippen LogP) is 4.60. The summed E-state index contributed by atoms with van der Waals surface area (Å²) in [6.07, 6.45) is 0. The van der Waals surface area contributed by atoms with Gasteiger partial charge in [0.1, 0.15) is 5.75 Å². The van der Waals surface area contributed by atoms with Crippen LogP contribution in [0.3, 0.4) is 0 Å². The maximum absolute atomic E-state index is 5.51. The average molecular weight is 269 g/mol. The summed E-state index contributed by atoms with van der Waals surface area (Å²) >= 11 is 0. The fourth-order valence-electron chi connectivity index (χ4n) is 2.46. The van der Waals surface area contributed by atoms with Crippen LogP contribution in [0.15, 0.2) is 48.5 Å². The summed E-state index contributed by atoms with van der Waals surface area (Å²) in [6.45, 7) is 9.13. The van der Waals surface area contributed by atoms with Crippen molar-refractivity contribution in [3.8, 4) is 16.9 Å². The van der Waals surface area contributed by atoms with E-state index >= 15 is 0 Å². The molecule has 0 amide bonds. The van der Waals surface area contributed by atoms with Crippen LogP contribution in [0.1, 0.15) is 20.8 Å². The topological polar surface area (TPSA) is 12.5 Å². The quantitative estimate of drug-likeness (QED) is 0.760. The summed E-state index contributed by atoms with van der Waals surface area (Å²) in [5.74, 6) is 0.927. The van der Waals surface area contributed by atoms with E-state index in [-0.39, 0.29) is 0 Å². The van der Waals surface area contributed by atoms with Crippen LogP contribution in [-0.2, 0) is 0 Å². The lowest BCUT2D eigenvalue weighted by Gasteiger charge is -2.24.